The first-order chi connectivity index (χ1) is 16.8. The Hall–Kier alpha value is -3.00. The molecule has 0 amide bonds. The largest absolute Gasteiger partial charge is 0.313 e. The highest BCUT2D eigenvalue weighted by atomic mass is 14.4. The van der Waals surface area contributed by atoms with Gasteiger partial charge >= 0.3 is 0 Å². The van der Waals surface area contributed by atoms with E-state index >= 15 is 0 Å². The van der Waals surface area contributed by atoms with Crippen LogP contribution >= 0.6 is 0 Å². The van der Waals surface area contributed by atoms with E-state index in [2.05, 4.69) is 66.8 Å². The predicted molar refractivity (Wildman–Crippen MR) is 147 cm³/mol. The van der Waals surface area contributed by atoms with Crippen molar-refractivity contribution in [2.24, 2.45) is 17.8 Å². The fourth-order valence-corrected chi connectivity index (χ4v) is 5.63. The molecule has 0 aromatic heterocycles. The van der Waals surface area contributed by atoms with Crippen molar-refractivity contribution < 1.29 is 0 Å². The molecule has 0 fully saturated rings. The SMILES string of the molecule is N=C/C=C\CCC(C=N)C/C=C/C1CCC(C2=CC=C(C3=CC=CCC3)CC2)=C2C=CC=CC21. The van der Waals surface area contributed by atoms with Crippen LogP contribution in [0.25, 0.3) is 0 Å². The fourth-order valence-electron chi connectivity index (χ4n) is 5.63. The summed E-state index contributed by atoms with van der Waals surface area (Å²) in [6.45, 7) is 0. The van der Waals surface area contributed by atoms with E-state index in [4.69, 9.17) is 10.8 Å². The fraction of sp³-hybridized carbons (Fsp3) is 0.375. The molecule has 0 bridgehead atoms. The van der Waals surface area contributed by atoms with Crippen LogP contribution in [0.3, 0.4) is 0 Å². The molecule has 3 unspecified atom stereocenters. The molecule has 2 nitrogen and oxygen atoms in total. The van der Waals surface area contributed by atoms with Gasteiger partial charge in [-0.25, -0.2) is 0 Å². The average Bonchev–Trinajstić information content (AvgIpc) is 2.90. The van der Waals surface area contributed by atoms with Gasteiger partial charge in [0.2, 0.25) is 0 Å². The minimum atomic E-state index is 0.283. The molecule has 0 saturated carbocycles. The summed E-state index contributed by atoms with van der Waals surface area (Å²) in [6.07, 6.45) is 42.0. The monoisotopic (exact) mass is 450 g/mol. The molecule has 176 valence electrons. The minimum Gasteiger partial charge on any atom is -0.313 e. The Morgan fingerprint density at radius 2 is 1.76 bits per heavy atom. The highest BCUT2D eigenvalue weighted by Gasteiger charge is 2.29. The van der Waals surface area contributed by atoms with E-state index in [1.54, 1.807) is 23.4 Å². The van der Waals surface area contributed by atoms with Crippen molar-refractivity contribution >= 4 is 12.4 Å². The second-order valence-electron chi connectivity index (χ2n) is 9.71. The number of hydrogen-bond donors (Lipinski definition) is 2. The van der Waals surface area contributed by atoms with Crippen LogP contribution < -0.4 is 0 Å². The third kappa shape index (κ3) is 6.11. The zero-order chi connectivity index (χ0) is 23.6. The molecule has 0 aromatic carbocycles. The topological polar surface area (TPSA) is 47.7 Å². The zero-order valence-electron chi connectivity index (χ0n) is 20.3. The maximum atomic E-state index is 7.76. The molecular formula is C32H38N2. The van der Waals surface area contributed by atoms with Crippen LogP contribution in [0.5, 0.6) is 0 Å². The molecule has 4 aliphatic rings. The van der Waals surface area contributed by atoms with Crippen molar-refractivity contribution in [3.8, 4) is 0 Å². The van der Waals surface area contributed by atoms with Gasteiger partial charge in [-0.1, -0.05) is 72.9 Å². The number of hydrogen-bond acceptors (Lipinski definition) is 2. The third-order valence-electron chi connectivity index (χ3n) is 7.56. The van der Waals surface area contributed by atoms with E-state index in [-0.39, 0.29) is 5.92 Å². The first-order valence-corrected chi connectivity index (χ1v) is 13.0. The van der Waals surface area contributed by atoms with Crippen molar-refractivity contribution in [1.82, 2.24) is 0 Å². The van der Waals surface area contributed by atoms with Crippen LogP contribution in [0.15, 0.2) is 107 Å². The summed E-state index contributed by atoms with van der Waals surface area (Å²) >= 11 is 0. The second-order valence-corrected chi connectivity index (χ2v) is 9.71. The summed E-state index contributed by atoms with van der Waals surface area (Å²) in [4.78, 5) is 0. The molecule has 0 heterocycles. The van der Waals surface area contributed by atoms with E-state index in [0.717, 1.165) is 38.5 Å². The van der Waals surface area contributed by atoms with Gasteiger partial charge in [-0.05, 0) is 110 Å². The lowest BCUT2D eigenvalue weighted by Crippen LogP contribution is -2.21. The first kappa shape index (κ1) is 24.1. The Balaban J connectivity index is 1.43. The molecule has 0 aromatic rings. The summed E-state index contributed by atoms with van der Waals surface area (Å²) < 4.78 is 0. The maximum Gasteiger partial charge on any atom is 0.0174 e. The molecule has 34 heavy (non-hydrogen) atoms. The second kappa shape index (κ2) is 12.5. The highest BCUT2D eigenvalue weighted by molar-refractivity contribution is 5.67. The van der Waals surface area contributed by atoms with Crippen molar-refractivity contribution in [2.75, 3.05) is 0 Å². The number of allylic oxidation sites excluding steroid dienone is 18. The van der Waals surface area contributed by atoms with E-state index < -0.39 is 0 Å². The molecule has 0 saturated heterocycles. The van der Waals surface area contributed by atoms with E-state index in [9.17, 15) is 0 Å². The summed E-state index contributed by atoms with van der Waals surface area (Å²) in [5, 5.41) is 14.8. The lowest BCUT2D eigenvalue weighted by Gasteiger charge is -2.34. The van der Waals surface area contributed by atoms with Gasteiger partial charge in [-0.3, -0.25) is 0 Å². The van der Waals surface area contributed by atoms with Gasteiger partial charge in [0.25, 0.3) is 0 Å². The normalized spacial score (nSPS) is 25.2. The van der Waals surface area contributed by atoms with Gasteiger partial charge in [-0.2, -0.15) is 0 Å². The maximum absolute atomic E-state index is 7.76. The number of rotatable bonds is 10. The predicted octanol–water partition coefficient (Wildman–Crippen LogP) is 8.56. The first-order valence-electron chi connectivity index (χ1n) is 13.0. The van der Waals surface area contributed by atoms with Gasteiger partial charge < -0.3 is 10.8 Å². The summed E-state index contributed by atoms with van der Waals surface area (Å²) in [6, 6.07) is 0. The highest BCUT2D eigenvalue weighted by Crippen LogP contribution is 2.43. The van der Waals surface area contributed by atoms with Crippen LogP contribution in [-0.4, -0.2) is 12.4 Å². The van der Waals surface area contributed by atoms with Crippen LogP contribution in [0, 0.1) is 28.6 Å². The molecule has 3 atom stereocenters. The third-order valence-corrected chi connectivity index (χ3v) is 7.56. The summed E-state index contributed by atoms with van der Waals surface area (Å²) in [7, 11) is 0. The van der Waals surface area contributed by atoms with E-state index in [0.29, 0.717) is 11.8 Å². The summed E-state index contributed by atoms with van der Waals surface area (Å²) in [5.74, 6) is 1.29. The Morgan fingerprint density at radius 3 is 2.53 bits per heavy atom. The van der Waals surface area contributed by atoms with Crippen molar-refractivity contribution in [3.05, 3.63) is 107 Å². The van der Waals surface area contributed by atoms with Crippen LogP contribution in [0.1, 0.15) is 57.8 Å². The standard InChI is InChI=1S/C32H38N2/c33-23-8-2-3-10-25(24-34)11-9-14-28-21-22-31(32-16-7-6-15-30(28)32)29-19-17-27(18-20-29)26-12-4-1-5-13-26/h1-2,4,6-9,12,14-17,19,23-25,28,30,33-34H,3,5,10-11,13,18,20-22H2/b8-2-,14-9+,33-23?,34-24?. The van der Waals surface area contributed by atoms with Crippen LogP contribution in [-0.2, 0) is 0 Å². The number of fused-ring (bicyclic) bond motifs is 1. The van der Waals surface area contributed by atoms with Crippen LogP contribution in [0.2, 0.25) is 0 Å². The Kier molecular flexibility index (Phi) is 8.84. The summed E-state index contributed by atoms with van der Waals surface area (Å²) in [5.41, 5.74) is 7.70. The van der Waals surface area contributed by atoms with Gasteiger partial charge in [0.05, 0.1) is 0 Å². The van der Waals surface area contributed by atoms with Gasteiger partial charge in [-0.15, -0.1) is 0 Å². The molecule has 4 rings (SSSR count). The quantitative estimate of drug-likeness (QED) is 0.247. The molecular weight excluding hydrogens is 412 g/mol. The smallest absolute Gasteiger partial charge is 0.0174 e. The molecule has 2 heteroatoms. The van der Waals surface area contributed by atoms with Crippen LogP contribution in [0.4, 0.5) is 0 Å². The molecule has 0 radical (unpaired) electrons. The van der Waals surface area contributed by atoms with Gasteiger partial charge in [0.1, 0.15) is 0 Å². The van der Waals surface area contributed by atoms with Crippen molar-refractivity contribution in [3.63, 3.8) is 0 Å². The Bertz CT molecular complexity index is 1030. The molecule has 0 aliphatic heterocycles. The lowest BCUT2D eigenvalue weighted by molar-refractivity contribution is 0.465. The number of nitrogens with one attached hydrogen (secondary N) is 2. The Labute approximate surface area is 205 Å². The lowest BCUT2D eigenvalue weighted by atomic mass is 9.70. The average molecular weight is 451 g/mol. The Morgan fingerprint density at radius 1 is 0.912 bits per heavy atom. The molecule has 4 aliphatic carbocycles. The minimum absolute atomic E-state index is 0.283. The van der Waals surface area contributed by atoms with E-state index in [1.165, 1.54) is 42.2 Å². The molecule has 2 N–H and O–H groups in total. The zero-order valence-corrected chi connectivity index (χ0v) is 20.3. The van der Waals surface area contributed by atoms with Crippen molar-refractivity contribution in [1.29, 1.82) is 10.8 Å². The van der Waals surface area contributed by atoms with Gasteiger partial charge in [0, 0.05) is 12.1 Å². The van der Waals surface area contributed by atoms with E-state index in [1.807, 2.05) is 6.08 Å². The van der Waals surface area contributed by atoms with Gasteiger partial charge in [0.15, 0.2) is 0 Å². The van der Waals surface area contributed by atoms with Crippen molar-refractivity contribution in [2.45, 2.75) is 57.8 Å². The molecule has 0 spiro atoms.